The average Bonchev–Trinajstić information content (AvgIpc) is 3.23. The minimum absolute atomic E-state index is 0.582. The molecule has 0 amide bonds. The molecule has 0 atom stereocenters. The van der Waals surface area contributed by atoms with E-state index in [1.807, 2.05) is 41.8 Å². The molecule has 0 saturated heterocycles. The fourth-order valence-corrected chi connectivity index (χ4v) is 3.32. The number of nitrogens with zero attached hydrogens (tertiary/aromatic N) is 3. The van der Waals surface area contributed by atoms with Crippen molar-refractivity contribution in [1.29, 1.82) is 0 Å². The van der Waals surface area contributed by atoms with E-state index in [0.29, 0.717) is 5.82 Å². The Labute approximate surface area is 144 Å². The maximum atomic E-state index is 6.15. The Balaban J connectivity index is 1.70. The van der Waals surface area contributed by atoms with E-state index in [4.69, 9.17) is 5.73 Å². The predicted octanol–water partition coefficient (Wildman–Crippen LogP) is 4.55. The van der Waals surface area contributed by atoms with Crippen LogP contribution in [-0.2, 0) is 0 Å². The molecule has 2 heterocycles. The molecule has 4 aromatic rings. The van der Waals surface area contributed by atoms with Gasteiger partial charge in [-0.15, -0.1) is 11.3 Å². The number of anilines is 1. The lowest BCUT2D eigenvalue weighted by Crippen LogP contribution is -2.01. The van der Waals surface area contributed by atoms with Gasteiger partial charge in [0.05, 0.1) is 11.4 Å². The Morgan fingerprint density at radius 2 is 1.62 bits per heavy atom. The number of nitrogen functional groups attached to an aromatic ring is 1. The fourth-order valence-electron chi connectivity index (χ4n) is 2.52. The SMILES string of the molecule is Cc1ccc(-c2csc(-n3nc(-c4ccccc4)cc3N)n2)cc1. The summed E-state index contributed by atoms with van der Waals surface area (Å²) in [5.41, 5.74) is 11.3. The Bertz CT molecular complexity index is 968. The highest BCUT2D eigenvalue weighted by Gasteiger charge is 2.12. The summed E-state index contributed by atoms with van der Waals surface area (Å²) in [7, 11) is 0. The van der Waals surface area contributed by atoms with E-state index in [2.05, 4.69) is 41.3 Å². The van der Waals surface area contributed by atoms with Gasteiger partial charge in [-0.1, -0.05) is 60.2 Å². The number of aromatic nitrogens is 3. The average molecular weight is 332 g/mol. The zero-order valence-corrected chi connectivity index (χ0v) is 14.0. The molecule has 0 aliphatic heterocycles. The molecule has 0 fully saturated rings. The van der Waals surface area contributed by atoms with E-state index in [1.54, 1.807) is 4.68 Å². The van der Waals surface area contributed by atoms with Crippen molar-refractivity contribution in [3.8, 4) is 27.6 Å². The topological polar surface area (TPSA) is 56.7 Å². The van der Waals surface area contributed by atoms with E-state index >= 15 is 0 Å². The summed E-state index contributed by atoms with van der Waals surface area (Å²) in [6.07, 6.45) is 0. The number of rotatable bonds is 3. The van der Waals surface area contributed by atoms with Gasteiger partial charge < -0.3 is 5.73 Å². The van der Waals surface area contributed by atoms with Crippen molar-refractivity contribution in [2.75, 3.05) is 5.73 Å². The molecule has 4 rings (SSSR count). The van der Waals surface area contributed by atoms with Crippen LogP contribution in [-0.4, -0.2) is 14.8 Å². The molecule has 2 aromatic carbocycles. The van der Waals surface area contributed by atoms with Crippen LogP contribution >= 0.6 is 11.3 Å². The standard InChI is InChI=1S/C19H16N4S/c1-13-7-9-15(10-8-13)17-12-24-19(21-17)23-18(20)11-16(22-23)14-5-3-2-4-6-14/h2-12H,20H2,1H3. The molecule has 2 N–H and O–H groups in total. The van der Waals surface area contributed by atoms with Crippen LogP contribution in [0.4, 0.5) is 5.82 Å². The van der Waals surface area contributed by atoms with Crippen molar-refractivity contribution < 1.29 is 0 Å². The van der Waals surface area contributed by atoms with Gasteiger partial charge in [-0.25, -0.2) is 4.98 Å². The van der Waals surface area contributed by atoms with Crippen molar-refractivity contribution in [2.45, 2.75) is 6.92 Å². The molecule has 0 aliphatic carbocycles. The number of hydrogen-bond donors (Lipinski definition) is 1. The van der Waals surface area contributed by atoms with Crippen molar-refractivity contribution in [3.05, 3.63) is 71.6 Å². The first-order valence-electron chi connectivity index (χ1n) is 7.64. The van der Waals surface area contributed by atoms with Crippen LogP contribution in [0.2, 0.25) is 0 Å². The van der Waals surface area contributed by atoms with Crippen molar-refractivity contribution >= 4 is 17.2 Å². The third-order valence-corrected chi connectivity index (χ3v) is 4.64. The summed E-state index contributed by atoms with van der Waals surface area (Å²) in [5, 5.41) is 7.41. The van der Waals surface area contributed by atoms with Crippen LogP contribution in [0.15, 0.2) is 66.0 Å². The minimum atomic E-state index is 0.582. The molecule has 0 aliphatic rings. The molecular formula is C19H16N4S. The highest BCUT2D eigenvalue weighted by molar-refractivity contribution is 7.12. The van der Waals surface area contributed by atoms with Crippen LogP contribution in [0.3, 0.4) is 0 Å². The van der Waals surface area contributed by atoms with Gasteiger partial charge >= 0.3 is 0 Å². The molecule has 24 heavy (non-hydrogen) atoms. The van der Waals surface area contributed by atoms with E-state index in [-0.39, 0.29) is 0 Å². The normalized spacial score (nSPS) is 10.9. The molecule has 5 heteroatoms. The van der Waals surface area contributed by atoms with Crippen molar-refractivity contribution in [3.63, 3.8) is 0 Å². The van der Waals surface area contributed by atoms with Crippen LogP contribution in [0, 0.1) is 6.92 Å². The zero-order valence-electron chi connectivity index (χ0n) is 13.2. The molecule has 0 spiro atoms. The van der Waals surface area contributed by atoms with Gasteiger partial charge in [-0.2, -0.15) is 9.78 Å². The monoisotopic (exact) mass is 332 g/mol. The summed E-state index contributed by atoms with van der Waals surface area (Å²) >= 11 is 1.53. The third-order valence-electron chi connectivity index (χ3n) is 3.83. The number of benzene rings is 2. The molecule has 0 bridgehead atoms. The molecule has 118 valence electrons. The van der Waals surface area contributed by atoms with Gasteiger partial charge in [0.1, 0.15) is 5.82 Å². The summed E-state index contributed by atoms with van der Waals surface area (Å²) in [6.45, 7) is 2.08. The lowest BCUT2D eigenvalue weighted by Gasteiger charge is -1.99. The van der Waals surface area contributed by atoms with Gasteiger partial charge in [0.25, 0.3) is 0 Å². The molecular weight excluding hydrogens is 316 g/mol. The largest absolute Gasteiger partial charge is 0.383 e. The molecule has 2 aromatic heterocycles. The second kappa shape index (κ2) is 5.94. The number of aryl methyl sites for hydroxylation is 1. The van der Waals surface area contributed by atoms with Crippen LogP contribution in [0.5, 0.6) is 0 Å². The lowest BCUT2D eigenvalue weighted by molar-refractivity contribution is 0.884. The van der Waals surface area contributed by atoms with Crippen molar-refractivity contribution in [1.82, 2.24) is 14.8 Å². The van der Waals surface area contributed by atoms with E-state index in [0.717, 1.165) is 27.6 Å². The molecule has 0 saturated carbocycles. The molecule has 0 unspecified atom stereocenters. The summed E-state index contributed by atoms with van der Waals surface area (Å²) in [6, 6.07) is 20.2. The molecule has 4 nitrogen and oxygen atoms in total. The van der Waals surface area contributed by atoms with Gasteiger partial charge in [-0.3, -0.25) is 0 Å². The summed E-state index contributed by atoms with van der Waals surface area (Å²) in [5.74, 6) is 0.582. The second-order valence-corrected chi connectivity index (χ2v) is 6.45. The Kier molecular flexibility index (Phi) is 3.63. The quantitative estimate of drug-likeness (QED) is 0.598. The maximum absolute atomic E-state index is 6.15. The number of nitrogens with two attached hydrogens (primary N) is 1. The fraction of sp³-hybridized carbons (Fsp3) is 0.0526. The first-order chi connectivity index (χ1) is 11.7. The van der Waals surface area contributed by atoms with Crippen LogP contribution < -0.4 is 5.73 Å². The highest BCUT2D eigenvalue weighted by Crippen LogP contribution is 2.27. The van der Waals surface area contributed by atoms with Crippen LogP contribution in [0.25, 0.3) is 27.6 Å². The summed E-state index contributed by atoms with van der Waals surface area (Å²) < 4.78 is 1.70. The Hall–Kier alpha value is -2.92. The first-order valence-corrected chi connectivity index (χ1v) is 8.52. The lowest BCUT2D eigenvalue weighted by atomic mass is 10.1. The number of thiazole rings is 1. The maximum Gasteiger partial charge on any atom is 0.212 e. The zero-order chi connectivity index (χ0) is 16.5. The third kappa shape index (κ3) is 2.70. The van der Waals surface area contributed by atoms with E-state index in [9.17, 15) is 0 Å². The van der Waals surface area contributed by atoms with Gasteiger partial charge in [-0.05, 0) is 6.92 Å². The van der Waals surface area contributed by atoms with Gasteiger partial charge in [0.15, 0.2) is 0 Å². The van der Waals surface area contributed by atoms with Crippen LogP contribution in [0.1, 0.15) is 5.56 Å². The molecule has 0 radical (unpaired) electrons. The summed E-state index contributed by atoms with van der Waals surface area (Å²) in [4.78, 5) is 4.69. The highest BCUT2D eigenvalue weighted by atomic mass is 32.1. The smallest absolute Gasteiger partial charge is 0.212 e. The van der Waals surface area contributed by atoms with Gasteiger partial charge in [0, 0.05) is 22.6 Å². The predicted molar refractivity (Wildman–Crippen MR) is 99.3 cm³/mol. The first kappa shape index (κ1) is 14.7. The van der Waals surface area contributed by atoms with E-state index < -0.39 is 0 Å². The Morgan fingerprint density at radius 1 is 0.917 bits per heavy atom. The van der Waals surface area contributed by atoms with E-state index in [1.165, 1.54) is 16.9 Å². The Morgan fingerprint density at radius 3 is 2.38 bits per heavy atom. The minimum Gasteiger partial charge on any atom is -0.383 e. The van der Waals surface area contributed by atoms with Crippen molar-refractivity contribution in [2.24, 2.45) is 0 Å². The second-order valence-electron chi connectivity index (χ2n) is 5.61. The number of hydrogen-bond acceptors (Lipinski definition) is 4. The van der Waals surface area contributed by atoms with Gasteiger partial charge in [0.2, 0.25) is 5.13 Å².